The van der Waals surface area contributed by atoms with Crippen LogP contribution in [0.4, 0.5) is 0 Å². The zero-order valence-electron chi connectivity index (χ0n) is 18.8. The summed E-state index contributed by atoms with van der Waals surface area (Å²) < 4.78 is 17.2. The first-order valence-corrected chi connectivity index (χ1v) is 11.6. The highest BCUT2D eigenvalue weighted by Crippen LogP contribution is 2.57. The number of hydrazine groups is 1. The van der Waals surface area contributed by atoms with Crippen LogP contribution in [0.2, 0.25) is 10.0 Å². The van der Waals surface area contributed by atoms with Gasteiger partial charge in [-0.2, -0.15) is 0 Å². The molecule has 7 nitrogen and oxygen atoms in total. The number of nitrogens with one attached hydrogen (secondary N) is 1. The Labute approximate surface area is 202 Å². The molecule has 0 aromatic heterocycles. The third kappa shape index (κ3) is 3.03. The molecule has 5 rings (SSSR count). The number of rotatable bonds is 3. The van der Waals surface area contributed by atoms with Crippen LogP contribution in [0.15, 0.2) is 30.3 Å². The van der Waals surface area contributed by atoms with E-state index < -0.39 is 11.7 Å². The quantitative estimate of drug-likeness (QED) is 0.672. The Hall–Kier alpha value is -2.03. The molecule has 6 unspecified atom stereocenters. The summed E-state index contributed by atoms with van der Waals surface area (Å²) in [4.78, 5) is 14.0. The van der Waals surface area contributed by atoms with Crippen LogP contribution in [-0.4, -0.2) is 54.9 Å². The summed E-state index contributed by atoms with van der Waals surface area (Å²) in [7, 11) is 4.88. The van der Waals surface area contributed by atoms with Crippen molar-refractivity contribution >= 4 is 29.0 Å². The minimum atomic E-state index is -1.50. The van der Waals surface area contributed by atoms with E-state index >= 15 is 0 Å². The Balaban J connectivity index is 1.63. The van der Waals surface area contributed by atoms with Gasteiger partial charge in [0.1, 0.15) is 28.2 Å². The first-order chi connectivity index (χ1) is 15.8. The number of ether oxygens (including phenoxy) is 3. The molecule has 9 heteroatoms. The maximum atomic E-state index is 14.0. The van der Waals surface area contributed by atoms with Crippen molar-refractivity contribution in [1.82, 2.24) is 10.4 Å². The Morgan fingerprint density at radius 1 is 1.21 bits per heavy atom. The lowest BCUT2D eigenvalue weighted by molar-refractivity contribution is -0.111. The number of ketones is 1. The van der Waals surface area contributed by atoms with E-state index in [0.29, 0.717) is 22.9 Å². The van der Waals surface area contributed by atoms with Crippen LogP contribution >= 0.6 is 23.2 Å². The first kappa shape index (κ1) is 22.7. The lowest BCUT2D eigenvalue weighted by atomic mass is 9.63. The van der Waals surface area contributed by atoms with Gasteiger partial charge in [-0.15, -0.1) is 0 Å². The SMILES string of the molecule is COc1cc(OC)c2c(c1Cl)OC1(C2=O)C(C)CC2NN(C)C(c3ccccc3Cl)C2C1O. The van der Waals surface area contributed by atoms with Crippen LogP contribution in [0.25, 0.3) is 0 Å². The maximum Gasteiger partial charge on any atom is 0.216 e. The van der Waals surface area contributed by atoms with E-state index in [1.807, 2.05) is 43.2 Å². The number of carbonyl (C=O) groups excluding carboxylic acids is 1. The standard InChI is InChI=1S/C24H26Cl2N2O5/c1-11-9-14-17(20(28(2)27-14)12-7-5-6-8-13(12)25)22(29)24(11)23(30)18-15(31-3)10-16(32-4)19(26)21(18)33-24/h5-8,10-11,14,17,20,22,27,29H,9H2,1-4H3. The molecular weight excluding hydrogens is 467 g/mol. The van der Waals surface area contributed by atoms with E-state index in [0.717, 1.165) is 5.56 Å². The third-order valence-corrected chi connectivity index (χ3v) is 8.13. The van der Waals surface area contributed by atoms with Crippen LogP contribution < -0.4 is 19.6 Å². The number of aliphatic hydroxyl groups excluding tert-OH is 1. The summed E-state index contributed by atoms with van der Waals surface area (Å²) in [6, 6.07) is 8.82. The second-order valence-electron chi connectivity index (χ2n) is 9.00. The Morgan fingerprint density at radius 2 is 1.91 bits per heavy atom. The smallest absolute Gasteiger partial charge is 0.216 e. The zero-order chi connectivity index (χ0) is 23.7. The molecule has 0 radical (unpaired) electrons. The van der Waals surface area contributed by atoms with Gasteiger partial charge in [-0.3, -0.25) is 10.2 Å². The van der Waals surface area contributed by atoms with E-state index in [4.69, 9.17) is 37.4 Å². The summed E-state index contributed by atoms with van der Waals surface area (Å²) in [5.74, 6) is -0.147. The predicted molar refractivity (Wildman–Crippen MR) is 124 cm³/mol. The molecule has 3 aliphatic rings. The van der Waals surface area contributed by atoms with Crippen molar-refractivity contribution < 1.29 is 24.1 Å². The van der Waals surface area contributed by atoms with Gasteiger partial charge in [-0.25, -0.2) is 5.01 Å². The van der Waals surface area contributed by atoms with Gasteiger partial charge in [-0.05, 0) is 18.1 Å². The van der Waals surface area contributed by atoms with E-state index in [1.54, 1.807) is 6.07 Å². The molecule has 2 aliphatic heterocycles. The lowest BCUT2D eigenvalue weighted by Gasteiger charge is -2.47. The fraction of sp³-hybridized carbons (Fsp3) is 0.458. The molecule has 2 aromatic rings. The number of aliphatic hydroxyl groups is 1. The highest BCUT2D eigenvalue weighted by atomic mass is 35.5. The van der Waals surface area contributed by atoms with Crippen LogP contribution in [0.5, 0.6) is 17.2 Å². The summed E-state index contributed by atoms with van der Waals surface area (Å²) in [6.07, 6.45) is -0.513. The van der Waals surface area contributed by atoms with E-state index in [2.05, 4.69) is 5.43 Å². The summed E-state index contributed by atoms with van der Waals surface area (Å²) in [6.45, 7) is 1.92. The molecular formula is C24H26Cl2N2O5. The van der Waals surface area contributed by atoms with Gasteiger partial charge >= 0.3 is 0 Å². The van der Waals surface area contributed by atoms with Gasteiger partial charge in [0.15, 0.2) is 5.75 Å². The number of Topliss-reactive ketones (excluding diaryl/α,β-unsaturated/α-hetero) is 1. The average Bonchev–Trinajstić information content (AvgIpc) is 3.29. The van der Waals surface area contributed by atoms with Crippen LogP contribution in [0.1, 0.15) is 35.3 Å². The highest BCUT2D eigenvalue weighted by molar-refractivity contribution is 6.35. The Kier molecular flexibility index (Phi) is 5.53. The Morgan fingerprint density at radius 3 is 2.58 bits per heavy atom. The lowest BCUT2D eigenvalue weighted by Crippen LogP contribution is -2.65. The number of hydrogen-bond donors (Lipinski definition) is 2. The molecule has 1 saturated carbocycles. The summed E-state index contributed by atoms with van der Waals surface area (Å²) in [5, 5.41) is 14.6. The minimum Gasteiger partial charge on any atom is -0.496 e. The highest BCUT2D eigenvalue weighted by Gasteiger charge is 2.67. The van der Waals surface area contributed by atoms with Gasteiger partial charge in [0.05, 0.1) is 20.3 Å². The fourth-order valence-corrected chi connectivity index (χ4v) is 6.42. The molecule has 2 aromatic carbocycles. The van der Waals surface area contributed by atoms with Crippen LogP contribution in [0, 0.1) is 11.8 Å². The average molecular weight is 493 g/mol. The predicted octanol–water partition coefficient (Wildman–Crippen LogP) is 3.90. The monoisotopic (exact) mass is 492 g/mol. The molecule has 2 heterocycles. The van der Waals surface area contributed by atoms with E-state index in [1.165, 1.54) is 14.2 Å². The van der Waals surface area contributed by atoms with Crippen molar-refractivity contribution in [3.8, 4) is 17.2 Å². The summed E-state index contributed by atoms with van der Waals surface area (Å²) >= 11 is 13.1. The molecule has 1 spiro atoms. The molecule has 0 bridgehead atoms. The van der Waals surface area contributed by atoms with E-state index in [-0.39, 0.29) is 46.0 Å². The van der Waals surface area contributed by atoms with Crippen LogP contribution in [0.3, 0.4) is 0 Å². The van der Waals surface area contributed by atoms with Gasteiger partial charge in [-0.1, -0.05) is 48.3 Å². The molecule has 2 N–H and O–H groups in total. The molecule has 1 saturated heterocycles. The molecule has 176 valence electrons. The van der Waals surface area contributed by atoms with Crippen molar-refractivity contribution in [2.24, 2.45) is 11.8 Å². The van der Waals surface area contributed by atoms with Gasteiger partial charge in [0, 0.05) is 36.0 Å². The van der Waals surface area contributed by atoms with Crippen molar-refractivity contribution in [1.29, 1.82) is 0 Å². The van der Waals surface area contributed by atoms with Crippen LogP contribution in [-0.2, 0) is 0 Å². The van der Waals surface area contributed by atoms with Crippen molar-refractivity contribution in [3.05, 3.63) is 51.5 Å². The fourth-order valence-electron chi connectivity index (χ4n) is 5.91. The number of hydrogen-bond acceptors (Lipinski definition) is 7. The number of fused-ring (bicyclic) bond motifs is 2. The summed E-state index contributed by atoms with van der Waals surface area (Å²) in [5.41, 5.74) is 3.08. The maximum absolute atomic E-state index is 14.0. The second kappa shape index (κ2) is 8.03. The molecule has 1 aliphatic carbocycles. The van der Waals surface area contributed by atoms with Gasteiger partial charge in [0.2, 0.25) is 11.4 Å². The van der Waals surface area contributed by atoms with Gasteiger partial charge < -0.3 is 19.3 Å². The third-order valence-electron chi connectivity index (χ3n) is 7.43. The number of benzene rings is 2. The molecule has 6 atom stereocenters. The normalized spacial score (nSPS) is 33.1. The van der Waals surface area contributed by atoms with Crippen molar-refractivity contribution in [2.75, 3.05) is 21.3 Å². The molecule has 33 heavy (non-hydrogen) atoms. The number of halogens is 2. The minimum absolute atomic E-state index is 0.0566. The zero-order valence-corrected chi connectivity index (χ0v) is 20.3. The van der Waals surface area contributed by atoms with E-state index in [9.17, 15) is 9.90 Å². The largest absolute Gasteiger partial charge is 0.496 e. The second-order valence-corrected chi connectivity index (χ2v) is 9.78. The van der Waals surface area contributed by atoms with Crippen molar-refractivity contribution in [2.45, 2.75) is 37.1 Å². The number of methoxy groups -OCH3 is 2. The Bertz CT molecular complexity index is 1130. The van der Waals surface area contributed by atoms with Crippen molar-refractivity contribution in [3.63, 3.8) is 0 Å². The van der Waals surface area contributed by atoms with Gasteiger partial charge in [0.25, 0.3) is 0 Å². The first-order valence-electron chi connectivity index (χ1n) is 10.9. The number of nitrogens with zero attached hydrogens (tertiary/aromatic N) is 1. The number of carbonyl (C=O) groups is 1. The topological polar surface area (TPSA) is 80.3 Å². The molecule has 0 amide bonds. The molecule has 2 fully saturated rings.